The molecule has 0 aliphatic carbocycles. The molecule has 1 aliphatic heterocycles. The summed E-state index contributed by atoms with van der Waals surface area (Å²) < 4.78 is 40.6. The lowest BCUT2D eigenvalue weighted by Crippen LogP contribution is -2.36. The zero-order chi connectivity index (χ0) is 22.4. The number of phosphoric ester groups is 1. The molecule has 2 aromatic rings. The normalized spacial score (nSPS) is 24.3. The van der Waals surface area contributed by atoms with Crippen LogP contribution in [-0.4, -0.2) is 80.8 Å². The lowest BCUT2D eigenvalue weighted by molar-refractivity contribution is -0.142. The van der Waals surface area contributed by atoms with Crippen LogP contribution in [0.1, 0.15) is 19.6 Å². The van der Waals surface area contributed by atoms with E-state index in [1.165, 1.54) is 12.7 Å². The van der Waals surface area contributed by atoms with E-state index in [9.17, 15) is 14.4 Å². The fourth-order valence-electron chi connectivity index (χ4n) is 3.27. The molecule has 15 heteroatoms. The van der Waals surface area contributed by atoms with Crippen molar-refractivity contribution < 1.29 is 37.8 Å². The Balaban J connectivity index is 1.79. The zero-order valence-corrected chi connectivity index (χ0v) is 17.8. The van der Waals surface area contributed by atoms with Crippen LogP contribution in [0.3, 0.4) is 0 Å². The summed E-state index contributed by atoms with van der Waals surface area (Å²) in [6.45, 7) is 3.02. The Morgan fingerprint density at radius 1 is 1.19 bits per heavy atom. The standard InChI is InChI=1S/C16H27N6O8P/c1-2-10-12(30-31(23,24)25)13(28-9-27-6-5-26-4-3-17)16(29-10)22-8-21-11-14(18)19-7-20-15(11)22/h7-8,10,12-13,16H,2-6,9,17H2,1H3,(H2,18,19,20)(H2,23,24,25)/t10-,12+,13?,16-/m1/s1. The Labute approximate surface area is 178 Å². The molecule has 3 heterocycles. The van der Waals surface area contributed by atoms with Gasteiger partial charge in [0.1, 0.15) is 30.8 Å². The number of rotatable bonds is 12. The van der Waals surface area contributed by atoms with Crippen LogP contribution >= 0.6 is 7.82 Å². The highest BCUT2D eigenvalue weighted by Gasteiger charge is 2.49. The van der Waals surface area contributed by atoms with Gasteiger partial charge in [-0.25, -0.2) is 19.5 Å². The smallest absolute Gasteiger partial charge is 0.382 e. The molecular formula is C16H27N6O8P. The van der Waals surface area contributed by atoms with Crippen molar-refractivity contribution in [2.24, 2.45) is 5.73 Å². The van der Waals surface area contributed by atoms with Crippen LogP contribution in [0.25, 0.3) is 11.2 Å². The Morgan fingerprint density at radius 2 is 1.97 bits per heavy atom. The number of fused-ring (bicyclic) bond motifs is 1. The van der Waals surface area contributed by atoms with Gasteiger partial charge in [-0.2, -0.15) is 0 Å². The van der Waals surface area contributed by atoms with E-state index in [0.717, 1.165) is 0 Å². The predicted octanol–water partition coefficient (Wildman–Crippen LogP) is -0.472. The van der Waals surface area contributed by atoms with Crippen LogP contribution in [0.2, 0.25) is 0 Å². The highest BCUT2D eigenvalue weighted by atomic mass is 31.2. The first-order valence-corrected chi connectivity index (χ1v) is 11.2. The number of nitrogens with two attached hydrogens (primary N) is 2. The molecule has 1 unspecified atom stereocenters. The highest BCUT2D eigenvalue weighted by molar-refractivity contribution is 7.46. The molecule has 0 radical (unpaired) electrons. The summed E-state index contributed by atoms with van der Waals surface area (Å²) in [4.78, 5) is 31.1. The zero-order valence-electron chi connectivity index (χ0n) is 16.9. The van der Waals surface area contributed by atoms with Crippen molar-refractivity contribution in [3.05, 3.63) is 12.7 Å². The summed E-state index contributed by atoms with van der Waals surface area (Å²) in [6, 6.07) is 0. The third-order valence-corrected chi connectivity index (χ3v) is 5.10. The van der Waals surface area contributed by atoms with Crippen molar-refractivity contribution in [2.45, 2.75) is 37.9 Å². The van der Waals surface area contributed by atoms with Gasteiger partial charge in [-0.1, -0.05) is 6.92 Å². The van der Waals surface area contributed by atoms with Crippen LogP contribution in [0, 0.1) is 0 Å². The Hall–Kier alpha value is -1.74. The molecule has 4 atom stereocenters. The molecule has 31 heavy (non-hydrogen) atoms. The minimum Gasteiger partial charge on any atom is -0.382 e. The molecule has 1 saturated heterocycles. The highest BCUT2D eigenvalue weighted by Crippen LogP contribution is 2.45. The van der Waals surface area contributed by atoms with E-state index >= 15 is 0 Å². The lowest BCUT2D eigenvalue weighted by atomic mass is 10.1. The van der Waals surface area contributed by atoms with Crippen LogP contribution in [0.15, 0.2) is 12.7 Å². The van der Waals surface area contributed by atoms with Gasteiger partial charge in [-0.15, -0.1) is 0 Å². The number of hydrogen-bond donors (Lipinski definition) is 4. The fourth-order valence-corrected chi connectivity index (χ4v) is 3.84. The van der Waals surface area contributed by atoms with Crippen LogP contribution in [0.4, 0.5) is 5.82 Å². The van der Waals surface area contributed by atoms with Crippen molar-refractivity contribution in [2.75, 3.05) is 38.9 Å². The monoisotopic (exact) mass is 462 g/mol. The molecule has 174 valence electrons. The summed E-state index contributed by atoms with van der Waals surface area (Å²) in [6.07, 6.45) is -0.360. The molecule has 0 spiro atoms. The summed E-state index contributed by atoms with van der Waals surface area (Å²) in [5, 5.41) is 0. The molecule has 0 amide bonds. The number of hydrogen-bond acceptors (Lipinski definition) is 11. The number of nitrogens with zero attached hydrogens (tertiary/aromatic N) is 4. The second-order valence-electron chi connectivity index (χ2n) is 6.68. The molecule has 1 fully saturated rings. The third-order valence-electron chi connectivity index (χ3n) is 4.59. The number of ether oxygens (including phenoxy) is 4. The SMILES string of the molecule is CC[C@H]1O[C@@H](n2cnc3c(N)ncnc32)C(OCOCCOCCN)[C@H]1OP(=O)(O)O. The van der Waals surface area contributed by atoms with Gasteiger partial charge in [0.05, 0.1) is 32.3 Å². The van der Waals surface area contributed by atoms with Crippen LogP contribution in [0.5, 0.6) is 0 Å². The number of anilines is 1. The molecule has 0 aromatic carbocycles. The molecule has 0 bridgehead atoms. The number of nitrogen functional groups attached to an aromatic ring is 1. The van der Waals surface area contributed by atoms with Crippen molar-refractivity contribution in [1.29, 1.82) is 0 Å². The van der Waals surface area contributed by atoms with E-state index in [4.69, 9.17) is 34.9 Å². The molecule has 1 aliphatic rings. The molecule has 0 saturated carbocycles. The fraction of sp³-hybridized carbons (Fsp3) is 0.688. The molecule has 3 rings (SSSR count). The quantitative estimate of drug-likeness (QED) is 0.179. The third kappa shape index (κ3) is 5.94. The molecule has 14 nitrogen and oxygen atoms in total. The van der Waals surface area contributed by atoms with Gasteiger partial charge in [-0.3, -0.25) is 9.09 Å². The summed E-state index contributed by atoms with van der Waals surface area (Å²) >= 11 is 0. The largest absolute Gasteiger partial charge is 0.470 e. The van der Waals surface area contributed by atoms with Gasteiger partial charge in [0.25, 0.3) is 0 Å². The average Bonchev–Trinajstić information content (AvgIpc) is 3.28. The summed E-state index contributed by atoms with van der Waals surface area (Å²) in [5.41, 5.74) is 11.9. The predicted molar refractivity (Wildman–Crippen MR) is 106 cm³/mol. The van der Waals surface area contributed by atoms with Crippen molar-refractivity contribution >= 4 is 24.8 Å². The lowest BCUT2D eigenvalue weighted by Gasteiger charge is -2.25. The minimum atomic E-state index is -4.82. The van der Waals surface area contributed by atoms with E-state index in [1.54, 1.807) is 11.5 Å². The van der Waals surface area contributed by atoms with Gasteiger partial charge < -0.3 is 40.2 Å². The number of phosphoric acid groups is 1. The second-order valence-corrected chi connectivity index (χ2v) is 7.87. The molecule has 2 aromatic heterocycles. The minimum absolute atomic E-state index is 0.183. The van der Waals surface area contributed by atoms with Gasteiger partial charge in [0, 0.05) is 6.54 Å². The summed E-state index contributed by atoms with van der Waals surface area (Å²) in [7, 11) is -4.82. The van der Waals surface area contributed by atoms with Crippen LogP contribution < -0.4 is 11.5 Å². The second kappa shape index (κ2) is 10.7. The first-order valence-electron chi connectivity index (χ1n) is 9.65. The van der Waals surface area contributed by atoms with E-state index in [1.807, 2.05) is 0 Å². The first kappa shape index (κ1) is 23.9. The van der Waals surface area contributed by atoms with E-state index in [2.05, 4.69) is 15.0 Å². The van der Waals surface area contributed by atoms with E-state index in [0.29, 0.717) is 37.3 Å². The van der Waals surface area contributed by atoms with Crippen molar-refractivity contribution in [1.82, 2.24) is 19.5 Å². The van der Waals surface area contributed by atoms with Gasteiger partial charge >= 0.3 is 7.82 Å². The van der Waals surface area contributed by atoms with E-state index < -0.39 is 32.4 Å². The van der Waals surface area contributed by atoms with Gasteiger partial charge in [-0.05, 0) is 6.42 Å². The number of imidazole rings is 1. The Bertz CT molecular complexity index is 894. The maximum absolute atomic E-state index is 11.6. The summed E-state index contributed by atoms with van der Waals surface area (Å²) in [5.74, 6) is 0.190. The molecular weight excluding hydrogens is 435 g/mol. The first-order chi connectivity index (χ1) is 14.9. The maximum atomic E-state index is 11.6. The van der Waals surface area contributed by atoms with Crippen molar-refractivity contribution in [3.63, 3.8) is 0 Å². The maximum Gasteiger partial charge on any atom is 0.470 e. The Morgan fingerprint density at radius 3 is 2.68 bits per heavy atom. The molecule has 6 N–H and O–H groups in total. The number of aromatic nitrogens is 4. The van der Waals surface area contributed by atoms with Gasteiger partial charge in [0.15, 0.2) is 17.7 Å². The topological polar surface area (TPSA) is 199 Å². The van der Waals surface area contributed by atoms with Crippen LogP contribution in [-0.2, 0) is 28.0 Å². The van der Waals surface area contributed by atoms with E-state index in [-0.39, 0.29) is 19.2 Å². The van der Waals surface area contributed by atoms with Gasteiger partial charge in [0.2, 0.25) is 0 Å². The van der Waals surface area contributed by atoms with Crippen molar-refractivity contribution in [3.8, 4) is 0 Å². The average molecular weight is 462 g/mol. The Kier molecular flexibility index (Phi) is 8.27.